The lowest BCUT2D eigenvalue weighted by atomic mass is 10.0. The number of imidazole rings is 1. The average Bonchev–Trinajstić information content (AvgIpc) is 2.65. The molecule has 4 nitrogen and oxygen atoms in total. The van der Waals surface area contributed by atoms with Gasteiger partial charge in [0.2, 0.25) is 0 Å². The van der Waals surface area contributed by atoms with Crippen LogP contribution in [-0.2, 0) is 13.1 Å². The minimum Gasteiger partial charge on any atom is -0.389 e. The van der Waals surface area contributed by atoms with Crippen molar-refractivity contribution in [3.63, 3.8) is 0 Å². The minimum atomic E-state index is -0.621. The SMILES string of the molecule is CCn1ccnc1CNCC(C)(O)CC. The van der Waals surface area contributed by atoms with Gasteiger partial charge in [-0.3, -0.25) is 0 Å². The maximum absolute atomic E-state index is 9.79. The summed E-state index contributed by atoms with van der Waals surface area (Å²) >= 11 is 0. The highest BCUT2D eigenvalue weighted by molar-refractivity contribution is 4.92. The molecule has 15 heavy (non-hydrogen) atoms. The van der Waals surface area contributed by atoms with Crippen molar-refractivity contribution < 1.29 is 5.11 Å². The molecule has 0 aromatic carbocycles. The Morgan fingerprint density at radius 1 is 1.53 bits per heavy atom. The molecule has 1 unspecified atom stereocenters. The smallest absolute Gasteiger partial charge is 0.122 e. The van der Waals surface area contributed by atoms with E-state index in [4.69, 9.17) is 0 Å². The van der Waals surface area contributed by atoms with Crippen molar-refractivity contribution in [3.05, 3.63) is 18.2 Å². The van der Waals surface area contributed by atoms with Crippen molar-refractivity contribution in [1.29, 1.82) is 0 Å². The number of rotatable bonds is 6. The van der Waals surface area contributed by atoms with Gasteiger partial charge in [-0.1, -0.05) is 6.92 Å². The highest BCUT2D eigenvalue weighted by Crippen LogP contribution is 2.06. The van der Waals surface area contributed by atoms with Gasteiger partial charge in [0.05, 0.1) is 12.1 Å². The van der Waals surface area contributed by atoms with Crippen LogP contribution in [0.1, 0.15) is 33.0 Å². The molecular weight excluding hydrogens is 190 g/mol. The Labute approximate surface area is 91.3 Å². The van der Waals surface area contributed by atoms with Crippen molar-refractivity contribution in [2.24, 2.45) is 0 Å². The molecule has 4 heteroatoms. The highest BCUT2D eigenvalue weighted by atomic mass is 16.3. The van der Waals surface area contributed by atoms with E-state index in [2.05, 4.69) is 21.8 Å². The average molecular weight is 211 g/mol. The molecule has 0 radical (unpaired) electrons. The van der Waals surface area contributed by atoms with Crippen LogP contribution < -0.4 is 5.32 Å². The van der Waals surface area contributed by atoms with Gasteiger partial charge in [-0.2, -0.15) is 0 Å². The Kier molecular flexibility index (Phi) is 4.29. The fourth-order valence-corrected chi connectivity index (χ4v) is 1.36. The van der Waals surface area contributed by atoms with Gasteiger partial charge in [0.1, 0.15) is 5.82 Å². The molecular formula is C11H21N3O. The first-order valence-corrected chi connectivity index (χ1v) is 5.52. The minimum absolute atomic E-state index is 0.597. The molecule has 1 rings (SSSR count). The van der Waals surface area contributed by atoms with Crippen LogP contribution in [0.5, 0.6) is 0 Å². The fourth-order valence-electron chi connectivity index (χ4n) is 1.36. The second-order valence-electron chi connectivity index (χ2n) is 4.08. The number of aromatic nitrogens is 2. The summed E-state index contributed by atoms with van der Waals surface area (Å²) in [4.78, 5) is 4.25. The number of hydrogen-bond acceptors (Lipinski definition) is 3. The van der Waals surface area contributed by atoms with Crippen LogP contribution >= 0.6 is 0 Å². The van der Waals surface area contributed by atoms with E-state index in [9.17, 15) is 5.11 Å². The third-order valence-corrected chi connectivity index (χ3v) is 2.69. The summed E-state index contributed by atoms with van der Waals surface area (Å²) < 4.78 is 2.09. The van der Waals surface area contributed by atoms with Crippen molar-refractivity contribution in [2.45, 2.75) is 45.9 Å². The van der Waals surface area contributed by atoms with E-state index in [1.165, 1.54) is 0 Å². The number of aryl methyl sites for hydroxylation is 1. The largest absolute Gasteiger partial charge is 0.389 e. The van der Waals surface area contributed by atoms with Gasteiger partial charge in [-0.15, -0.1) is 0 Å². The molecule has 0 fully saturated rings. The normalized spacial score (nSPS) is 15.2. The van der Waals surface area contributed by atoms with Gasteiger partial charge in [0.15, 0.2) is 0 Å². The van der Waals surface area contributed by atoms with Gasteiger partial charge >= 0.3 is 0 Å². The molecule has 1 heterocycles. The Morgan fingerprint density at radius 2 is 2.27 bits per heavy atom. The predicted octanol–water partition coefficient (Wildman–Crippen LogP) is 1.15. The molecule has 0 saturated heterocycles. The molecule has 1 atom stereocenters. The standard InChI is InChI=1S/C11H21N3O/c1-4-11(3,15)9-12-8-10-13-6-7-14(10)5-2/h6-7,12,15H,4-5,8-9H2,1-3H3. The fraction of sp³-hybridized carbons (Fsp3) is 0.727. The number of aliphatic hydroxyl groups is 1. The monoisotopic (exact) mass is 211 g/mol. The van der Waals surface area contributed by atoms with Crippen molar-refractivity contribution in [2.75, 3.05) is 6.54 Å². The number of hydrogen-bond donors (Lipinski definition) is 2. The summed E-state index contributed by atoms with van der Waals surface area (Å²) in [5, 5.41) is 13.0. The molecule has 0 amide bonds. The van der Waals surface area contributed by atoms with E-state index >= 15 is 0 Å². The van der Waals surface area contributed by atoms with Crippen LogP contribution in [0.15, 0.2) is 12.4 Å². The highest BCUT2D eigenvalue weighted by Gasteiger charge is 2.16. The number of nitrogens with zero attached hydrogens (tertiary/aromatic N) is 2. The van der Waals surface area contributed by atoms with E-state index in [-0.39, 0.29) is 0 Å². The molecule has 0 aliphatic carbocycles. The van der Waals surface area contributed by atoms with Crippen molar-refractivity contribution >= 4 is 0 Å². The third-order valence-electron chi connectivity index (χ3n) is 2.69. The van der Waals surface area contributed by atoms with Crippen molar-refractivity contribution in [3.8, 4) is 0 Å². The summed E-state index contributed by atoms with van der Waals surface area (Å²) in [5.74, 6) is 1.02. The van der Waals surface area contributed by atoms with Crippen molar-refractivity contribution in [1.82, 2.24) is 14.9 Å². The van der Waals surface area contributed by atoms with E-state index < -0.39 is 5.60 Å². The van der Waals surface area contributed by atoms with Gasteiger partial charge in [-0.05, 0) is 20.3 Å². The molecule has 1 aromatic heterocycles. The second kappa shape index (κ2) is 5.28. The zero-order valence-electron chi connectivity index (χ0n) is 9.82. The zero-order valence-corrected chi connectivity index (χ0v) is 9.82. The van der Waals surface area contributed by atoms with Crippen LogP contribution in [0.25, 0.3) is 0 Å². The van der Waals surface area contributed by atoms with Gasteiger partial charge in [0, 0.05) is 25.5 Å². The lowest BCUT2D eigenvalue weighted by Gasteiger charge is -2.21. The first-order chi connectivity index (χ1) is 7.09. The maximum Gasteiger partial charge on any atom is 0.122 e. The molecule has 0 spiro atoms. The Bertz CT molecular complexity index is 294. The molecule has 0 saturated carbocycles. The second-order valence-corrected chi connectivity index (χ2v) is 4.08. The zero-order chi connectivity index (χ0) is 11.3. The topological polar surface area (TPSA) is 50.1 Å². The van der Waals surface area contributed by atoms with E-state index in [1.54, 1.807) is 6.20 Å². The van der Waals surface area contributed by atoms with E-state index in [1.807, 2.05) is 20.0 Å². The summed E-state index contributed by atoms with van der Waals surface area (Å²) in [6, 6.07) is 0. The Hall–Kier alpha value is -0.870. The lowest BCUT2D eigenvalue weighted by Crippen LogP contribution is -2.37. The van der Waals surface area contributed by atoms with Crippen LogP contribution in [-0.4, -0.2) is 26.8 Å². The third kappa shape index (κ3) is 3.64. The van der Waals surface area contributed by atoms with Gasteiger partial charge in [0.25, 0.3) is 0 Å². The Morgan fingerprint density at radius 3 is 2.87 bits per heavy atom. The predicted molar refractivity (Wildman–Crippen MR) is 60.5 cm³/mol. The number of nitrogens with one attached hydrogen (secondary N) is 1. The maximum atomic E-state index is 9.79. The van der Waals surface area contributed by atoms with E-state index in [0.717, 1.165) is 18.8 Å². The van der Waals surface area contributed by atoms with Crippen LogP contribution in [0, 0.1) is 0 Å². The first kappa shape index (κ1) is 12.2. The van der Waals surface area contributed by atoms with E-state index in [0.29, 0.717) is 13.1 Å². The molecule has 1 aromatic rings. The summed E-state index contributed by atoms with van der Waals surface area (Å²) in [6.45, 7) is 8.15. The van der Waals surface area contributed by atoms with Gasteiger partial charge in [-0.25, -0.2) is 4.98 Å². The Balaban J connectivity index is 2.38. The summed E-state index contributed by atoms with van der Waals surface area (Å²) in [7, 11) is 0. The van der Waals surface area contributed by atoms with Crippen LogP contribution in [0.3, 0.4) is 0 Å². The lowest BCUT2D eigenvalue weighted by molar-refractivity contribution is 0.0553. The molecule has 2 N–H and O–H groups in total. The van der Waals surface area contributed by atoms with Crippen LogP contribution in [0.2, 0.25) is 0 Å². The first-order valence-electron chi connectivity index (χ1n) is 5.52. The molecule has 0 bridgehead atoms. The molecule has 0 aliphatic heterocycles. The molecule has 0 aliphatic rings. The van der Waals surface area contributed by atoms with Crippen LogP contribution in [0.4, 0.5) is 0 Å². The quantitative estimate of drug-likeness (QED) is 0.742. The summed E-state index contributed by atoms with van der Waals surface area (Å²) in [5.41, 5.74) is -0.621. The molecule has 86 valence electrons. The summed E-state index contributed by atoms with van der Waals surface area (Å²) in [6.07, 6.45) is 4.52. The van der Waals surface area contributed by atoms with Gasteiger partial charge < -0.3 is 15.0 Å².